The van der Waals surface area contributed by atoms with E-state index in [0.717, 1.165) is 5.56 Å². The van der Waals surface area contributed by atoms with Gasteiger partial charge in [0.05, 0.1) is 5.92 Å². The first kappa shape index (κ1) is 12.8. The average Bonchev–Trinajstić information content (AvgIpc) is 2.26. The fourth-order valence-corrected chi connectivity index (χ4v) is 1.60. The highest BCUT2D eigenvalue weighted by molar-refractivity contribution is 6.30. The minimum Gasteiger partial charge on any atom is -0.481 e. The number of carboxylic acids is 1. The Morgan fingerprint density at radius 2 is 2.06 bits per heavy atom. The molecule has 0 aliphatic rings. The third-order valence-corrected chi connectivity index (χ3v) is 2.65. The van der Waals surface area contributed by atoms with Gasteiger partial charge in [0, 0.05) is 5.02 Å². The first-order valence-corrected chi connectivity index (χ1v) is 5.59. The number of hydrogen-bond acceptors (Lipinski definition) is 1. The molecule has 86 valence electrons. The van der Waals surface area contributed by atoms with Crippen LogP contribution in [0.5, 0.6) is 0 Å². The summed E-state index contributed by atoms with van der Waals surface area (Å²) in [5.41, 5.74) is 1.00. The lowest BCUT2D eigenvalue weighted by Crippen LogP contribution is -2.15. The number of aliphatic carboxylic acids is 1. The van der Waals surface area contributed by atoms with Crippen LogP contribution in [0.25, 0.3) is 0 Å². The molecule has 0 amide bonds. The van der Waals surface area contributed by atoms with E-state index in [4.69, 9.17) is 16.7 Å². The van der Waals surface area contributed by atoms with Gasteiger partial charge >= 0.3 is 5.97 Å². The molecule has 0 heterocycles. The van der Waals surface area contributed by atoms with Crippen LogP contribution in [-0.2, 0) is 11.2 Å². The van der Waals surface area contributed by atoms with Crippen molar-refractivity contribution in [2.75, 3.05) is 0 Å². The first-order chi connectivity index (χ1) is 7.63. The SMILES string of the molecule is CC=CCC(Cc1ccc(Cl)cc1)C(=O)O. The molecule has 0 aliphatic carbocycles. The molecule has 1 aromatic rings. The zero-order valence-electron chi connectivity index (χ0n) is 9.19. The van der Waals surface area contributed by atoms with E-state index >= 15 is 0 Å². The Hall–Kier alpha value is -1.28. The number of carboxylic acid groups (broad SMARTS) is 1. The number of rotatable bonds is 5. The zero-order valence-corrected chi connectivity index (χ0v) is 9.95. The van der Waals surface area contributed by atoms with Crippen LogP contribution in [0.1, 0.15) is 18.9 Å². The smallest absolute Gasteiger partial charge is 0.307 e. The van der Waals surface area contributed by atoms with E-state index in [0.29, 0.717) is 17.9 Å². The first-order valence-electron chi connectivity index (χ1n) is 5.22. The number of carbonyl (C=O) groups is 1. The van der Waals surface area contributed by atoms with E-state index in [1.807, 2.05) is 31.2 Å². The van der Waals surface area contributed by atoms with Gasteiger partial charge in [-0.25, -0.2) is 0 Å². The number of benzene rings is 1. The Morgan fingerprint density at radius 1 is 1.44 bits per heavy atom. The van der Waals surface area contributed by atoms with Gasteiger partial charge in [-0.3, -0.25) is 4.79 Å². The minimum atomic E-state index is -0.756. The summed E-state index contributed by atoms with van der Waals surface area (Å²) in [5.74, 6) is -1.12. The molecule has 1 aromatic carbocycles. The van der Waals surface area contributed by atoms with Crippen LogP contribution in [0.15, 0.2) is 36.4 Å². The van der Waals surface area contributed by atoms with Crippen LogP contribution in [0.2, 0.25) is 5.02 Å². The van der Waals surface area contributed by atoms with Gasteiger partial charge in [0.2, 0.25) is 0 Å². The van der Waals surface area contributed by atoms with Crippen molar-refractivity contribution in [2.24, 2.45) is 5.92 Å². The molecule has 0 aromatic heterocycles. The summed E-state index contributed by atoms with van der Waals surface area (Å²) in [6.07, 6.45) is 4.86. The number of halogens is 1. The summed E-state index contributed by atoms with van der Waals surface area (Å²) in [6.45, 7) is 1.89. The molecule has 0 spiro atoms. The van der Waals surface area contributed by atoms with Crippen molar-refractivity contribution in [3.8, 4) is 0 Å². The molecule has 0 saturated heterocycles. The van der Waals surface area contributed by atoms with Gasteiger partial charge in [0.1, 0.15) is 0 Å². The Labute approximate surface area is 101 Å². The Kier molecular flexibility index (Phi) is 5.06. The van der Waals surface area contributed by atoms with E-state index in [9.17, 15) is 4.79 Å². The summed E-state index contributed by atoms with van der Waals surface area (Å²) in [6, 6.07) is 7.30. The fourth-order valence-electron chi connectivity index (χ4n) is 1.48. The summed E-state index contributed by atoms with van der Waals surface area (Å²) < 4.78 is 0. The van der Waals surface area contributed by atoms with Crippen LogP contribution in [0.4, 0.5) is 0 Å². The van der Waals surface area contributed by atoms with Gasteiger partial charge in [-0.1, -0.05) is 35.9 Å². The summed E-state index contributed by atoms with van der Waals surface area (Å²) in [7, 11) is 0. The molecule has 0 bridgehead atoms. The highest BCUT2D eigenvalue weighted by Gasteiger charge is 2.16. The van der Waals surface area contributed by atoms with Gasteiger partial charge < -0.3 is 5.11 Å². The number of hydrogen-bond donors (Lipinski definition) is 1. The van der Waals surface area contributed by atoms with Crippen molar-refractivity contribution in [3.05, 3.63) is 47.0 Å². The number of allylic oxidation sites excluding steroid dienone is 2. The second-order valence-corrected chi connectivity index (χ2v) is 4.11. The van der Waals surface area contributed by atoms with Crippen molar-refractivity contribution in [1.29, 1.82) is 0 Å². The topological polar surface area (TPSA) is 37.3 Å². The van der Waals surface area contributed by atoms with Crippen LogP contribution >= 0.6 is 11.6 Å². The van der Waals surface area contributed by atoms with Gasteiger partial charge in [0.15, 0.2) is 0 Å². The summed E-state index contributed by atoms with van der Waals surface area (Å²) in [5, 5.41) is 9.73. The quantitative estimate of drug-likeness (QED) is 0.797. The monoisotopic (exact) mass is 238 g/mol. The molecule has 1 unspecified atom stereocenters. The molecule has 0 fully saturated rings. The normalized spacial score (nSPS) is 12.9. The predicted octanol–water partition coefficient (Wildman–Crippen LogP) is 3.55. The highest BCUT2D eigenvalue weighted by Crippen LogP contribution is 2.16. The Bertz CT molecular complexity index is 368. The van der Waals surface area contributed by atoms with E-state index in [-0.39, 0.29) is 5.92 Å². The third kappa shape index (κ3) is 4.07. The van der Waals surface area contributed by atoms with Gasteiger partial charge in [-0.05, 0) is 37.5 Å². The van der Waals surface area contributed by atoms with Gasteiger partial charge in [0.25, 0.3) is 0 Å². The minimum absolute atomic E-state index is 0.364. The predicted molar refractivity (Wildman–Crippen MR) is 65.7 cm³/mol. The Balaban J connectivity index is 2.67. The van der Waals surface area contributed by atoms with E-state index in [1.54, 1.807) is 12.1 Å². The van der Waals surface area contributed by atoms with Crippen molar-refractivity contribution in [3.63, 3.8) is 0 Å². The van der Waals surface area contributed by atoms with Gasteiger partial charge in [-0.15, -0.1) is 0 Å². The van der Waals surface area contributed by atoms with E-state index in [1.165, 1.54) is 0 Å². The molecule has 1 rings (SSSR count). The second kappa shape index (κ2) is 6.33. The van der Waals surface area contributed by atoms with Crippen LogP contribution in [0.3, 0.4) is 0 Å². The lowest BCUT2D eigenvalue weighted by atomic mass is 9.96. The molecule has 16 heavy (non-hydrogen) atoms. The lowest BCUT2D eigenvalue weighted by molar-refractivity contribution is -0.141. The zero-order chi connectivity index (χ0) is 12.0. The molecule has 2 nitrogen and oxygen atoms in total. The van der Waals surface area contributed by atoms with Crippen LogP contribution in [-0.4, -0.2) is 11.1 Å². The summed E-state index contributed by atoms with van der Waals surface area (Å²) in [4.78, 5) is 11.0. The van der Waals surface area contributed by atoms with Crippen molar-refractivity contribution in [2.45, 2.75) is 19.8 Å². The third-order valence-electron chi connectivity index (χ3n) is 2.40. The highest BCUT2D eigenvalue weighted by atomic mass is 35.5. The standard InChI is InChI=1S/C13H15ClO2/c1-2-3-4-11(13(15)16)9-10-5-7-12(14)8-6-10/h2-3,5-8,11H,4,9H2,1H3,(H,15,16). The molecule has 0 saturated carbocycles. The van der Waals surface area contributed by atoms with Crippen molar-refractivity contribution < 1.29 is 9.90 Å². The lowest BCUT2D eigenvalue weighted by Gasteiger charge is -2.09. The maximum Gasteiger partial charge on any atom is 0.307 e. The fraction of sp³-hybridized carbons (Fsp3) is 0.308. The molecule has 3 heteroatoms. The second-order valence-electron chi connectivity index (χ2n) is 3.67. The Morgan fingerprint density at radius 3 is 2.56 bits per heavy atom. The van der Waals surface area contributed by atoms with Crippen LogP contribution < -0.4 is 0 Å². The largest absolute Gasteiger partial charge is 0.481 e. The molecule has 0 aliphatic heterocycles. The van der Waals surface area contributed by atoms with E-state index < -0.39 is 5.97 Å². The van der Waals surface area contributed by atoms with Crippen molar-refractivity contribution >= 4 is 17.6 Å². The average molecular weight is 239 g/mol. The molecular weight excluding hydrogens is 224 g/mol. The van der Waals surface area contributed by atoms with Gasteiger partial charge in [-0.2, -0.15) is 0 Å². The maximum atomic E-state index is 11.0. The van der Waals surface area contributed by atoms with Crippen LogP contribution in [0, 0.1) is 5.92 Å². The molecular formula is C13H15ClO2. The van der Waals surface area contributed by atoms with Crippen molar-refractivity contribution in [1.82, 2.24) is 0 Å². The molecule has 1 N–H and O–H groups in total. The van der Waals surface area contributed by atoms with E-state index in [2.05, 4.69) is 0 Å². The molecule has 0 radical (unpaired) electrons. The summed E-state index contributed by atoms with van der Waals surface area (Å²) >= 11 is 5.77. The maximum absolute atomic E-state index is 11.0. The molecule has 1 atom stereocenters.